The lowest BCUT2D eigenvalue weighted by Crippen LogP contribution is -2.42. The van der Waals surface area contributed by atoms with Gasteiger partial charge in [0.05, 0.1) is 10.5 Å². The molecule has 2 aliphatic heterocycles. The lowest BCUT2D eigenvalue weighted by Gasteiger charge is -2.32. The van der Waals surface area contributed by atoms with Gasteiger partial charge >= 0.3 is 0 Å². The summed E-state index contributed by atoms with van der Waals surface area (Å²) in [4.78, 5) is 27.4. The van der Waals surface area contributed by atoms with Gasteiger partial charge in [0.2, 0.25) is 15.9 Å². The van der Waals surface area contributed by atoms with Crippen LogP contribution < -0.4 is 5.32 Å². The van der Waals surface area contributed by atoms with Crippen LogP contribution >= 0.6 is 0 Å². The fourth-order valence-corrected chi connectivity index (χ4v) is 5.98. The van der Waals surface area contributed by atoms with Gasteiger partial charge in [-0.3, -0.25) is 9.59 Å². The molecule has 2 saturated heterocycles. The molecule has 9 nitrogen and oxygen atoms in total. The van der Waals surface area contributed by atoms with Crippen LogP contribution in [0.2, 0.25) is 0 Å². The highest BCUT2D eigenvalue weighted by molar-refractivity contribution is 7.89. The Balaban J connectivity index is 1.43. The fourth-order valence-electron chi connectivity index (χ4n) is 4.28. The van der Waals surface area contributed by atoms with Crippen LogP contribution in [0.3, 0.4) is 0 Å². The first-order chi connectivity index (χ1) is 15.4. The molecule has 1 aromatic carbocycles. The first kappa shape index (κ1) is 22.5. The molecule has 2 amide bonds. The topological polar surface area (TPSA) is 113 Å². The van der Waals surface area contributed by atoms with Gasteiger partial charge in [-0.15, -0.1) is 0 Å². The van der Waals surface area contributed by atoms with Gasteiger partial charge < -0.3 is 14.7 Å². The Morgan fingerprint density at radius 3 is 2.41 bits per heavy atom. The maximum atomic E-state index is 13.2. The highest BCUT2D eigenvalue weighted by Crippen LogP contribution is 2.26. The average Bonchev–Trinajstić information content (AvgIpc) is 3.23. The molecule has 0 radical (unpaired) electrons. The average molecular weight is 461 g/mol. The maximum Gasteiger partial charge on any atom is 0.255 e. The zero-order valence-corrected chi connectivity index (χ0v) is 18.9. The number of rotatable bonds is 5. The van der Waals surface area contributed by atoms with Crippen LogP contribution in [0.25, 0.3) is 0 Å². The molecule has 1 aromatic heterocycles. The minimum atomic E-state index is -3.73. The van der Waals surface area contributed by atoms with Gasteiger partial charge in [-0.1, -0.05) is 23.7 Å². The summed E-state index contributed by atoms with van der Waals surface area (Å²) in [6.45, 7) is 3.47. The zero-order valence-electron chi connectivity index (χ0n) is 18.1. The van der Waals surface area contributed by atoms with Crippen molar-refractivity contribution in [3.05, 3.63) is 41.7 Å². The Bertz CT molecular complexity index is 1080. The number of benzene rings is 1. The van der Waals surface area contributed by atoms with E-state index in [9.17, 15) is 18.0 Å². The number of carbonyl (C=O) groups excluding carboxylic acids is 2. The first-order valence-electron chi connectivity index (χ1n) is 11.0. The number of hydrogen-bond donors (Lipinski definition) is 1. The van der Waals surface area contributed by atoms with Crippen molar-refractivity contribution in [2.45, 2.75) is 43.9 Å². The number of likely N-dealkylation sites (tertiary alicyclic amines) is 1. The van der Waals surface area contributed by atoms with Crippen LogP contribution in [0, 0.1) is 12.8 Å². The van der Waals surface area contributed by atoms with E-state index in [2.05, 4.69) is 10.5 Å². The minimum absolute atomic E-state index is 0.0631. The standard InChI is InChI=1S/C22H28N4O5S/c1-16-15-20(24-31-16)23-21(27)17-9-13-25(14-10-17)22(28)18-7-3-4-8-19(18)32(29,30)26-11-5-2-6-12-26/h3-4,7-8,15,17H,2,5-6,9-14H2,1H3,(H,23,24,27). The number of piperidine rings is 2. The van der Waals surface area contributed by atoms with Crippen LogP contribution in [0.4, 0.5) is 5.82 Å². The number of aryl methyl sites for hydroxylation is 1. The van der Waals surface area contributed by atoms with Crippen LogP contribution in [-0.2, 0) is 14.8 Å². The molecule has 2 fully saturated rings. The van der Waals surface area contributed by atoms with E-state index in [0.717, 1.165) is 19.3 Å². The normalized spacial score (nSPS) is 18.5. The highest BCUT2D eigenvalue weighted by atomic mass is 32.2. The Kier molecular flexibility index (Phi) is 6.61. The number of amides is 2. The third-order valence-corrected chi connectivity index (χ3v) is 8.04. The van der Waals surface area contributed by atoms with Gasteiger partial charge in [-0.05, 0) is 44.7 Å². The molecule has 2 aliphatic rings. The van der Waals surface area contributed by atoms with Crippen LogP contribution in [-0.4, -0.2) is 60.8 Å². The monoisotopic (exact) mass is 460 g/mol. The quantitative estimate of drug-likeness (QED) is 0.734. The van der Waals surface area contributed by atoms with E-state index in [1.54, 1.807) is 36.1 Å². The maximum absolute atomic E-state index is 13.2. The summed E-state index contributed by atoms with van der Waals surface area (Å²) < 4.78 is 32.8. The van der Waals surface area contributed by atoms with E-state index in [-0.39, 0.29) is 28.2 Å². The van der Waals surface area contributed by atoms with E-state index < -0.39 is 10.0 Å². The van der Waals surface area contributed by atoms with E-state index in [1.165, 1.54) is 10.4 Å². The Hall–Kier alpha value is -2.72. The Morgan fingerprint density at radius 2 is 1.75 bits per heavy atom. The van der Waals surface area contributed by atoms with E-state index in [4.69, 9.17) is 4.52 Å². The molecule has 0 bridgehead atoms. The van der Waals surface area contributed by atoms with Crippen molar-refractivity contribution in [1.29, 1.82) is 0 Å². The summed E-state index contributed by atoms with van der Waals surface area (Å²) in [5, 5.41) is 6.51. The third kappa shape index (κ3) is 4.71. The number of sulfonamides is 1. The van der Waals surface area contributed by atoms with Gasteiger partial charge in [0, 0.05) is 38.2 Å². The molecular formula is C22H28N4O5S. The molecule has 0 aliphatic carbocycles. The predicted octanol–water partition coefficient (Wildman–Crippen LogP) is 2.65. The lowest BCUT2D eigenvalue weighted by molar-refractivity contribution is -0.121. The lowest BCUT2D eigenvalue weighted by atomic mass is 9.95. The SMILES string of the molecule is Cc1cc(NC(=O)C2CCN(C(=O)c3ccccc3S(=O)(=O)N3CCCCC3)CC2)no1. The molecule has 3 heterocycles. The van der Waals surface area contributed by atoms with Gasteiger partial charge in [0.25, 0.3) is 5.91 Å². The number of aromatic nitrogens is 1. The second kappa shape index (κ2) is 9.41. The van der Waals surface area contributed by atoms with Crippen molar-refractivity contribution in [2.24, 2.45) is 5.92 Å². The van der Waals surface area contributed by atoms with Crippen LogP contribution in [0.15, 0.2) is 39.8 Å². The summed E-state index contributed by atoms with van der Waals surface area (Å²) in [5.41, 5.74) is 0.194. The molecule has 172 valence electrons. The summed E-state index contributed by atoms with van der Waals surface area (Å²) >= 11 is 0. The molecule has 10 heteroatoms. The predicted molar refractivity (Wildman–Crippen MR) is 118 cm³/mol. The van der Waals surface area contributed by atoms with Crippen molar-refractivity contribution in [2.75, 3.05) is 31.5 Å². The second-order valence-corrected chi connectivity index (χ2v) is 10.2. The Morgan fingerprint density at radius 1 is 1.06 bits per heavy atom. The molecule has 0 atom stereocenters. The first-order valence-corrected chi connectivity index (χ1v) is 12.4. The number of nitrogens with one attached hydrogen (secondary N) is 1. The van der Waals surface area contributed by atoms with Crippen molar-refractivity contribution < 1.29 is 22.5 Å². The number of nitrogens with zero attached hydrogens (tertiary/aromatic N) is 3. The molecule has 0 saturated carbocycles. The number of hydrogen-bond acceptors (Lipinski definition) is 6. The second-order valence-electron chi connectivity index (χ2n) is 8.34. The molecule has 4 rings (SSSR count). The summed E-state index contributed by atoms with van der Waals surface area (Å²) in [5.74, 6) is 0.274. The molecule has 0 unspecified atom stereocenters. The number of anilines is 1. The van der Waals surface area contributed by atoms with Gasteiger partial charge in [0.15, 0.2) is 5.82 Å². The third-order valence-electron chi connectivity index (χ3n) is 6.08. The van der Waals surface area contributed by atoms with E-state index in [1.807, 2.05) is 0 Å². The van der Waals surface area contributed by atoms with Crippen LogP contribution in [0.1, 0.15) is 48.2 Å². The number of carbonyl (C=O) groups is 2. The Labute approximate surface area is 187 Å². The van der Waals surface area contributed by atoms with Crippen molar-refractivity contribution in [3.63, 3.8) is 0 Å². The van der Waals surface area contributed by atoms with Gasteiger partial charge in [0.1, 0.15) is 5.76 Å². The molecule has 32 heavy (non-hydrogen) atoms. The van der Waals surface area contributed by atoms with Crippen molar-refractivity contribution >= 4 is 27.7 Å². The fraction of sp³-hybridized carbons (Fsp3) is 0.500. The highest BCUT2D eigenvalue weighted by Gasteiger charge is 2.33. The van der Waals surface area contributed by atoms with E-state index in [0.29, 0.717) is 50.6 Å². The zero-order chi connectivity index (χ0) is 22.7. The van der Waals surface area contributed by atoms with E-state index >= 15 is 0 Å². The summed E-state index contributed by atoms with van der Waals surface area (Å²) in [6, 6.07) is 8.07. The van der Waals surface area contributed by atoms with Gasteiger partial charge in [-0.2, -0.15) is 4.31 Å². The smallest absolute Gasteiger partial charge is 0.255 e. The largest absolute Gasteiger partial charge is 0.360 e. The molecular weight excluding hydrogens is 432 g/mol. The summed E-state index contributed by atoms with van der Waals surface area (Å²) in [7, 11) is -3.73. The molecule has 2 aromatic rings. The minimum Gasteiger partial charge on any atom is -0.360 e. The summed E-state index contributed by atoms with van der Waals surface area (Å²) in [6.07, 6.45) is 3.67. The van der Waals surface area contributed by atoms with Crippen LogP contribution in [0.5, 0.6) is 0 Å². The molecule has 0 spiro atoms. The van der Waals surface area contributed by atoms with Crippen molar-refractivity contribution in [3.8, 4) is 0 Å². The van der Waals surface area contributed by atoms with Crippen molar-refractivity contribution in [1.82, 2.24) is 14.4 Å². The molecule has 1 N–H and O–H groups in total. The van der Waals surface area contributed by atoms with Gasteiger partial charge in [-0.25, -0.2) is 8.42 Å².